The normalized spacial score (nSPS) is 20.0. The molecule has 2 atom stereocenters. The molecule has 0 fully saturated rings. The van der Waals surface area contributed by atoms with Gasteiger partial charge in [-0.1, -0.05) is 45.9 Å². The average molecular weight is 288 g/mol. The van der Waals surface area contributed by atoms with Gasteiger partial charge in [-0.3, -0.25) is 4.79 Å². The number of benzene rings is 1. The van der Waals surface area contributed by atoms with Gasteiger partial charge in [0.15, 0.2) is 0 Å². The maximum Gasteiger partial charge on any atom is 0.227 e. The summed E-state index contributed by atoms with van der Waals surface area (Å²) >= 11 is 0. The van der Waals surface area contributed by atoms with Gasteiger partial charge >= 0.3 is 0 Å². The highest BCUT2D eigenvalue weighted by atomic mass is 16.2. The maximum atomic E-state index is 12.7. The van der Waals surface area contributed by atoms with Gasteiger partial charge in [0.1, 0.15) is 0 Å². The topological polar surface area (TPSA) is 46.3 Å². The summed E-state index contributed by atoms with van der Waals surface area (Å²) in [7, 11) is 0. The molecule has 0 aromatic heterocycles. The molecule has 1 aromatic carbocycles. The standard InChI is InChI=1S/C18H28N2O/c1-13(11-18(2,3)4)9-17(21)20-12-15(19)10-14-7-5-6-8-16(14)20/h5-8,13,15H,9-12,19H2,1-4H3. The number of nitrogens with two attached hydrogens (primary N) is 1. The highest BCUT2D eigenvalue weighted by Gasteiger charge is 2.28. The van der Waals surface area contributed by atoms with Crippen LogP contribution in [0.15, 0.2) is 24.3 Å². The summed E-state index contributed by atoms with van der Waals surface area (Å²) in [6.07, 6.45) is 2.51. The minimum Gasteiger partial charge on any atom is -0.326 e. The van der Waals surface area contributed by atoms with Crippen molar-refractivity contribution in [3.8, 4) is 0 Å². The van der Waals surface area contributed by atoms with Crippen LogP contribution in [0.5, 0.6) is 0 Å². The van der Waals surface area contributed by atoms with Gasteiger partial charge in [-0.2, -0.15) is 0 Å². The van der Waals surface area contributed by atoms with Gasteiger partial charge in [0.05, 0.1) is 0 Å². The third kappa shape index (κ3) is 4.31. The molecule has 1 aromatic rings. The molecule has 1 aliphatic rings. The van der Waals surface area contributed by atoms with Crippen LogP contribution in [0.4, 0.5) is 5.69 Å². The minimum absolute atomic E-state index is 0.0433. The third-order valence-electron chi connectivity index (χ3n) is 3.97. The first-order valence-electron chi connectivity index (χ1n) is 7.90. The van der Waals surface area contributed by atoms with Gasteiger partial charge in [-0.25, -0.2) is 0 Å². The molecule has 0 saturated heterocycles. The van der Waals surface area contributed by atoms with E-state index in [2.05, 4.69) is 33.8 Å². The Morgan fingerprint density at radius 1 is 1.38 bits per heavy atom. The van der Waals surface area contributed by atoms with E-state index in [1.807, 2.05) is 23.1 Å². The third-order valence-corrected chi connectivity index (χ3v) is 3.97. The van der Waals surface area contributed by atoms with Crippen LogP contribution in [0.25, 0.3) is 0 Å². The zero-order chi connectivity index (χ0) is 15.6. The highest BCUT2D eigenvalue weighted by Crippen LogP contribution is 2.30. The second-order valence-corrected chi connectivity index (χ2v) is 7.67. The monoisotopic (exact) mass is 288 g/mol. The highest BCUT2D eigenvalue weighted by molar-refractivity contribution is 5.94. The predicted octanol–water partition coefficient (Wildman–Crippen LogP) is 3.37. The molecule has 0 radical (unpaired) electrons. The van der Waals surface area contributed by atoms with Crippen molar-refractivity contribution in [2.24, 2.45) is 17.1 Å². The van der Waals surface area contributed by atoms with E-state index in [0.717, 1.165) is 18.5 Å². The summed E-state index contributed by atoms with van der Waals surface area (Å²) < 4.78 is 0. The van der Waals surface area contributed by atoms with Crippen molar-refractivity contribution < 1.29 is 4.79 Å². The molecular formula is C18H28N2O. The van der Waals surface area contributed by atoms with E-state index in [1.165, 1.54) is 5.56 Å². The number of carbonyl (C=O) groups excluding carboxylic acids is 1. The van der Waals surface area contributed by atoms with Crippen LogP contribution < -0.4 is 10.6 Å². The number of para-hydroxylation sites is 1. The molecule has 2 unspecified atom stereocenters. The van der Waals surface area contributed by atoms with Crippen LogP contribution in [-0.2, 0) is 11.2 Å². The molecule has 0 saturated carbocycles. The van der Waals surface area contributed by atoms with E-state index < -0.39 is 0 Å². The Morgan fingerprint density at radius 2 is 2.05 bits per heavy atom. The van der Waals surface area contributed by atoms with Crippen molar-refractivity contribution in [1.29, 1.82) is 0 Å². The molecule has 1 heterocycles. The second kappa shape index (κ2) is 6.18. The molecule has 2 N–H and O–H groups in total. The minimum atomic E-state index is 0.0433. The van der Waals surface area contributed by atoms with E-state index in [9.17, 15) is 4.79 Å². The fourth-order valence-electron chi connectivity index (χ4n) is 3.39. The van der Waals surface area contributed by atoms with Crippen LogP contribution in [-0.4, -0.2) is 18.5 Å². The van der Waals surface area contributed by atoms with E-state index in [1.54, 1.807) is 0 Å². The van der Waals surface area contributed by atoms with Gasteiger partial charge in [0.25, 0.3) is 0 Å². The largest absolute Gasteiger partial charge is 0.326 e. The number of carbonyl (C=O) groups is 1. The lowest BCUT2D eigenvalue weighted by atomic mass is 9.84. The lowest BCUT2D eigenvalue weighted by molar-refractivity contribution is -0.119. The average Bonchev–Trinajstić information content (AvgIpc) is 2.35. The number of nitrogens with zero attached hydrogens (tertiary/aromatic N) is 1. The molecule has 0 aliphatic carbocycles. The van der Waals surface area contributed by atoms with Crippen LogP contribution in [0, 0.1) is 11.3 Å². The van der Waals surface area contributed by atoms with Crippen molar-refractivity contribution in [3.05, 3.63) is 29.8 Å². The van der Waals surface area contributed by atoms with Crippen molar-refractivity contribution in [3.63, 3.8) is 0 Å². The Hall–Kier alpha value is -1.35. The summed E-state index contributed by atoms with van der Waals surface area (Å²) in [6.45, 7) is 9.47. The van der Waals surface area contributed by atoms with E-state index in [-0.39, 0.29) is 17.4 Å². The Bertz CT molecular complexity index is 504. The molecule has 116 valence electrons. The maximum absolute atomic E-state index is 12.7. The molecular weight excluding hydrogens is 260 g/mol. The first-order valence-corrected chi connectivity index (χ1v) is 7.90. The van der Waals surface area contributed by atoms with Crippen molar-refractivity contribution in [2.75, 3.05) is 11.4 Å². The lowest BCUT2D eigenvalue weighted by Crippen LogP contribution is -2.46. The Balaban J connectivity index is 2.09. The van der Waals surface area contributed by atoms with Gasteiger partial charge < -0.3 is 10.6 Å². The lowest BCUT2D eigenvalue weighted by Gasteiger charge is -2.34. The SMILES string of the molecule is CC(CC(=O)N1CC(N)Cc2ccccc21)CC(C)(C)C. The first-order chi connectivity index (χ1) is 9.76. The van der Waals surface area contributed by atoms with Crippen molar-refractivity contribution in [1.82, 2.24) is 0 Å². The molecule has 21 heavy (non-hydrogen) atoms. The van der Waals surface area contributed by atoms with Gasteiger partial charge in [-0.15, -0.1) is 0 Å². The second-order valence-electron chi connectivity index (χ2n) is 7.67. The van der Waals surface area contributed by atoms with E-state index >= 15 is 0 Å². The number of hydrogen-bond donors (Lipinski definition) is 1. The fourth-order valence-corrected chi connectivity index (χ4v) is 3.39. The quantitative estimate of drug-likeness (QED) is 0.927. The Morgan fingerprint density at radius 3 is 2.71 bits per heavy atom. The predicted molar refractivity (Wildman–Crippen MR) is 88.3 cm³/mol. The molecule has 3 heteroatoms. The summed E-state index contributed by atoms with van der Waals surface area (Å²) in [5.74, 6) is 0.595. The van der Waals surface area contributed by atoms with Crippen LogP contribution in [0.1, 0.15) is 46.1 Å². The Labute approximate surface area is 128 Å². The molecule has 1 aliphatic heterocycles. The summed E-state index contributed by atoms with van der Waals surface area (Å²) in [6, 6.07) is 8.17. The molecule has 3 nitrogen and oxygen atoms in total. The van der Waals surface area contributed by atoms with Gasteiger partial charge in [-0.05, 0) is 35.8 Å². The molecule has 1 amide bonds. The smallest absolute Gasteiger partial charge is 0.227 e. The number of hydrogen-bond acceptors (Lipinski definition) is 2. The van der Waals surface area contributed by atoms with Gasteiger partial charge in [0.2, 0.25) is 5.91 Å². The molecule has 2 rings (SSSR count). The summed E-state index contributed by atoms with van der Waals surface area (Å²) in [4.78, 5) is 14.6. The number of fused-ring (bicyclic) bond motifs is 1. The number of rotatable bonds is 3. The van der Waals surface area contributed by atoms with Crippen LogP contribution >= 0.6 is 0 Å². The zero-order valence-electron chi connectivity index (χ0n) is 13.7. The summed E-state index contributed by atoms with van der Waals surface area (Å²) in [5.41, 5.74) is 8.61. The molecule has 0 bridgehead atoms. The molecule has 0 spiro atoms. The summed E-state index contributed by atoms with van der Waals surface area (Å²) in [5, 5.41) is 0. The number of anilines is 1. The zero-order valence-corrected chi connectivity index (χ0v) is 13.7. The van der Waals surface area contributed by atoms with Crippen LogP contribution in [0.3, 0.4) is 0 Å². The van der Waals surface area contributed by atoms with Crippen molar-refractivity contribution in [2.45, 2.75) is 53.0 Å². The fraction of sp³-hybridized carbons (Fsp3) is 0.611. The van der Waals surface area contributed by atoms with Gasteiger partial charge in [0, 0.05) is 24.7 Å². The Kier molecular flexibility index (Phi) is 4.72. The van der Waals surface area contributed by atoms with Crippen molar-refractivity contribution >= 4 is 11.6 Å². The van der Waals surface area contributed by atoms with E-state index in [4.69, 9.17) is 5.73 Å². The van der Waals surface area contributed by atoms with Crippen LogP contribution in [0.2, 0.25) is 0 Å². The number of amides is 1. The van der Waals surface area contributed by atoms with E-state index in [0.29, 0.717) is 18.9 Å². The first kappa shape index (κ1) is 16.0.